The smallest absolute Gasteiger partial charge is 0.254 e. The summed E-state index contributed by atoms with van der Waals surface area (Å²) in [7, 11) is 2.00. The van der Waals surface area contributed by atoms with Gasteiger partial charge in [-0.2, -0.15) is 0 Å². The number of carbonyl (C=O) groups is 2. The minimum absolute atomic E-state index is 0.0546. The van der Waals surface area contributed by atoms with Gasteiger partial charge in [0.2, 0.25) is 0 Å². The second-order valence-corrected chi connectivity index (χ2v) is 16.3. The number of pyridine rings is 1. The number of carbonyl (C=O) groups excluding carboxylic acids is 2. The fourth-order valence-corrected chi connectivity index (χ4v) is 9.62. The van der Waals surface area contributed by atoms with Crippen molar-refractivity contribution in [3.63, 3.8) is 0 Å². The molecule has 2 amide bonds. The van der Waals surface area contributed by atoms with E-state index in [-0.39, 0.29) is 17.2 Å². The molecule has 48 heavy (non-hydrogen) atoms. The second kappa shape index (κ2) is 12.9. The van der Waals surface area contributed by atoms with Gasteiger partial charge in [-0.15, -0.1) is 0 Å². The van der Waals surface area contributed by atoms with Crippen LogP contribution in [-0.2, 0) is 5.41 Å². The van der Waals surface area contributed by atoms with Crippen molar-refractivity contribution in [2.45, 2.75) is 71.6 Å². The maximum Gasteiger partial charge on any atom is 0.254 e. The topological polar surface area (TPSA) is 66.0 Å². The van der Waals surface area contributed by atoms with Crippen molar-refractivity contribution >= 4 is 17.5 Å². The fraction of sp³-hybridized carbons (Fsp3) is 0.537. The molecular weight excluding hydrogens is 596 g/mol. The normalized spacial score (nSPS) is 24.9. The highest BCUT2D eigenvalue weighted by molar-refractivity contribution is 5.96. The lowest BCUT2D eigenvalue weighted by atomic mass is 9.49. The molecule has 0 radical (unpaired) electrons. The Hall–Kier alpha value is -3.87. The second-order valence-electron chi connectivity index (χ2n) is 16.3. The zero-order chi connectivity index (χ0) is 33.6. The fourth-order valence-electron chi connectivity index (χ4n) is 9.62. The van der Waals surface area contributed by atoms with Crippen molar-refractivity contribution in [2.75, 3.05) is 51.3 Å². The minimum atomic E-state index is -0.119. The molecule has 0 spiro atoms. The molecule has 3 aromatic rings. The van der Waals surface area contributed by atoms with Crippen LogP contribution >= 0.6 is 0 Å². The summed E-state index contributed by atoms with van der Waals surface area (Å²) in [5.74, 6) is 3.58. The highest BCUT2D eigenvalue weighted by atomic mass is 16.5. The van der Waals surface area contributed by atoms with E-state index in [0.29, 0.717) is 30.7 Å². The number of anilines is 1. The molecule has 4 saturated carbocycles. The zero-order valence-corrected chi connectivity index (χ0v) is 29.5. The summed E-state index contributed by atoms with van der Waals surface area (Å²) >= 11 is 0. The van der Waals surface area contributed by atoms with E-state index < -0.39 is 0 Å². The molecule has 1 aromatic heterocycles. The van der Waals surface area contributed by atoms with Crippen molar-refractivity contribution in [3.05, 3.63) is 77.6 Å². The van der Waals surface area contributed by atoms with Gasteiger partial charge in [0.15, 0.2) is 0 Å². The average molecular weight is 649 g/mol. The summed E-state index contributed by atoms with van der Waals surface area (Å²) in [5, 5.41) is 0. The van der Waals surface area contributed by atoms with Crippen molar-refractivity contribution in [2.24, 2.45) is 23.2 Å². The Morgan fingerprint density at radius 1 is 0.854 bits per heavy atom. The molecule has 2 heterocycles. The van der Waals surface area contributed by atoms with Crippen molar-refractivity contribution in [3.8, 4) is 16.9 Å². The van der Waals surface area contributed by atoms with Gasteiger partial charge >= 0.3 is 0 Å². The summed E-state index contributed by atoms with van der Waals surface area (Å²) in [5.41, 5.74) is 5.81. The van der Waals surface area contributed by atoms with Crippen LogP contribution < -0.4 is 9.64 Å². The lowest BCUT2D eigenvalue weighted by molar-refractivity contribution is -0.0629. The van der Waals surface area contributed by atoms with Crippen LogP contribution in [0.4, 0.5) is 5.69 Å². The van der Waals surface area contributed by atoms with E-state index >= 15 is 0 Å². The maximum atomic E-state index is 13.9. The largest absolute Gasteiger partial charge is 0.492 e. The van der Waals surface area contributed by atoms with Crippen LogP contribution in [0.3, 0.4) is 0 Å². The molecule has 8 rings (SSSR count). The predicted molar refractivity (Wildman–Crippen MR) is 192 cm³/mol. The zero-order valence-electron chi connectivity index (χ0n) is 29.5. The third-order valence-corrected chi connectivity index (χ3v) is 11.5. The van der Waals surface area contributed by atoms with Crippen LogP contribution in [0.2, 0.25) is 0 Å². The minimum Gasteiger partial charge on any atom is -0.492 e. The molecule has 2 aromatic carbocycles. The Morgan fingerprint density at radius 3 is 2.10 bits per heavy atom. The number of aromatic nitrogens is 1. The first-order chi connectivity index (χ1) is 23.0. The number of hydrogen-bond donors (Lipinski definition) is 0. The van der Waals surface area contributed by atoms with Gasteiger partial charge in [-0.3, -0.25) is 14.6 Å². The van der Waals surface area contributed by atoms with Gasteiger partial charge in [0.25, 0.3) is 11.8 Å². The predicted octanol–water partition coefficient (Wildman–Crippen LogP) is 7.70. The number of nitrogens with zero attached hydrogens (tertiary/aromatic N) is 4. The molecule has 4 aliphatic carbocycles. The number of hydrogen-bond acceptors (Lipinski definition) is 5. The van der Waals surface area contributed by atoms with Gasteiger partial charge in [-0.25, -0.2) is 0 Å². The van der Waals surface area contributed by atoms with Gasteiger partial charge in [-0.1, -0.05) is 26.8 Å². The van der Waals surface area contributed by atoms with E-state index in [1.807, 2.05) is 60.3 Å². The number of ether oxygens (including phenoxy) is 1. The molecule has 7 heteroatoms. The van der Waals surface area contributed by atoms with Crippen molar-refractivity contribution in [1.82, 2.24) is 14.8 Å². The summed E-state index contributed by atoms with van der Waals surface area (Å²) < 4.78 is 5.70. The molecule has 7 nitrogen and oxygen atoms in total. The maximum absolute atomic E-state index is 13.9. The van der Waals surface area contributed by atoms with Crippen LogP contribution in [0.5, 0.6) is 5.75 Å². The van der Waals surface area contributed by atoms with Crippen LogP contribution in [0.1, 0.15) is 92.5 Å². The Morgan fingerprint density at radius 2 is 1.50 bits per heavy atom. The Labute approximate surface area is 286 Å². The third kappa shape index (κ3) is 6.70. The first kappa shape index (κ1) is 32.7. The van der Waals surface area contributed by atoms with Crippen molar-refractivity contribution in [1.29, 1.82) is 0 Å². The number of benzene rings is 2. The first-order valence-corrected chi connectivity index (χ1v) is 18.1. The van der Waals surface area contributed by atoms with E-state index in [1.165, 1.54) is 38.5 Å². The van der Waals surface area contributed by atoms with Gasteiger partial charge in [0, 0.05) is 68.3 Å². The molecule has 1 aliphatic heterocycles. The van der Waals surface area contributed by atoms with Crippen LogP contribution in [0.15, 0.2) is 60.9 Å². The molecule has 0 N–H and O–H groups in total. The number of rotatable bonds is 8. The Kier molecular flexibility index (Phi) is 8.76. The van der Waals surface area contributed by atoms with E-state index in [9.17, 15) is 9.59 Å². The molecule has 4 bridgehead atoms. The quantitative estimate of drug-likeness (QED) is 0.251. The molecule has 5 fully saturated rings. The number of piperazine rings is 1. The lowest BCUT2D eigenvalue weighted by Gasteiger charge is -2.57. The molecule has 254 valence electrons. The summed E-state index contributed by atoms with van der Waals surface area (Å²) in [6.45, 7) is 12.7. The van der Waals surface area contributed by atoms with Crippen LogP contribution in [0.25, 0.3) is 11.1 Å². The van der Waals surface area contributed by atoms with Crippen LogP contribution in [0, 0.1) is 23.2 Å². The monoisotopic (exact) mass is 648 g/mol. The summed E-state index contributed by atoms with van der Waals surface area (Å²) in [6.07, 6.45) is 11.8. The summed E-state index contributed by atoms with van der Waals surface area (Å²) in [6, 6.07) is 16.3. The van der Waals surface area contributed by atoms with Crippen molar-refractivity contribution < 1.29 is 14.3 Å². The standard InChI is InChI=1S/C41H52N4O3/c1-6-48-37-21-34(25-42-26-37)32-18-33(20-35(19-32)40(2,3)4)39(47)45-13-11-44(12-14-45)36-9-7-31(8-10-36)38(46)43(5)27-41-22-28-15-29(23-41)17-30(16-28)24-41/h7-10,18-21,25-26,28-30H,6,11-17,22-24,27H2,1-5H3. The SMILES string of the molecule is CCOc1cncc(-c2cc(C(=O)N3CCN(c4ccc(C(=O)N(C)CC56CC7CC(CC(C7)C5)C6)cc4)CC3)cc(C(C)(C)C)c2)c1. The van der Waals surface area contributed by atoms with Gasteiger partial charge in [0.1, 0.15) is 5.75 Å². The van der Waals surface area contributed by atoms with E-state index in [1.54, 1.807) is 6.20 Å². The molecule has 1 saturated heterocycles. The Balaban J connectivity index is 0.989. The van der Waals surface area contributed by atoms with Gasteiger partial charge < -0.3 is 19.4 Å². The lowest BCUT2D eigenvalue weighted by Crippen LogP contribution is -2.51. The highest BCUT2D eigenvalue weighted by Crippen LogP contribution is 2.60. The molecule has 0 unspecified atom stereocenters. The van der Waals surface area contributed by atoms with Gasteiger partial charge in [0.05, 0.1) is 12.8 Å². The third-order valence-electron chi connectivity index (χ3n) is 11.5. The molecule has 5 aliphatic rings. The van der Waals surface area contributed by atoms with Gasteiger partial charge in [-0.05, 0) is 128 Å². The molecule has 0 atom stereocenters. The average Bonchev–Trinajstić information content (AvgIpc) is 3.06. The first-order valence-electron chi connectivity index (χ1n) is 18.1. The van der Waals surface area contributed by atoms with E-state index in [4.69, 9.17) is 4.74 Å². The Bertz CT molecular complexity index is 1620. The highest BCUT2D eigenvalue weighted by Gasteiger charge is 2.51. The van der Waals surface area contributed by atoms with E-state index in [2.05, 4.69) is 48.9 Å². The molecular formula is C41H52N4O3. The van der Waals surface area contributed by atoms with E-state index in [0.717, 1.165) is 71.1 Å². The number of amides is 2. The van der Waals surface area contributed by atoms with Crippen LogP contribution in [-0.4, -0.2) is 73.0 Å². The summed E-state index contributed by atoms with van der Waals surface area (Å²) in [4.78, 5) is 38.1.